The summed E-state index contributed by atoms with van der Waals surface area (Å²) in [6.07, 6.45) is 5.95. The van der Waals surface area contributed by atoms with Crippen molar-refractivity contribution in [1.82, 2.24) is 15.0 Å². The molecule has 3 fully saturated rings. The van der Waals surface area contributed by atoms with Crippen LogP contribution in [-0.4, -0.2) is 15.0 Å². The molecule has 0 aliphatic heterocycles. The Bertz CT molecular complexity index is 289. The monoisotopic (exact) mass is 213 g/mol. The van der Waals surface area contributed by atoms with E-state index >= 15 is 0 Å². The summed E-state index contributed by atoms with van der Waals surface area (Å²) >= 11 is 3.30. The van der Waals surface area contributed by atoms with Gasteiger partial charge >= 0.3 is 0 Å². The third kappa shape index (κ3) is 0.637. The minimum Gasteiger partial charge on any atom is -0.245 e. The van der Waals surface area contributed by atoms with Crippen molar-refractivity contribution in [2.24, 2.45) is 5.92 Å². The molecule has 11 heavy (non-hydrogen) atoms. The topological polar surface area (TPSA) is 30.7 Å². The van der Waals surface area contributed by atoms with Crippen molar-refractivity contribution >= 4 is 15.9 Å². The predicted molar refractivity (Wildman–Crippen MR) is 43.0 cm³/mol. The van der Waals surface area contributed by atoms with E-state index in [1.807, 2.05) is 10.9 Å². The van der Waals surface area contributed by atoms with E-state index in [4.69, 9.17) is 0 Å². The Morgan fingerprint density at radius 1 is 1.55 bits per heavy atom. The van der Waals surface area contributed by atoms with E-state index in [1.54, 1.807) is 0 Å². The zero-order valence-corrected chi connectivity index (χ0v) is 7.58. The molecule has 0 atom stereocenters. The van der Waals surface area contributed by atoms with Gasteiger partial charge in [-0.2, -0.15) is 0 Å². The molecule has 3 aliphatic carbocycles. The lowest BCUT2D eigenvalue weighted by Gasteiger charge is -2.61. The van der Waals surface area contributed by atoms with Gasteiger partial charge in [0, 0.05) is 0 Å². The largest absolute Gasteiger partial charge is 0.245 e. The molecule has 4 heteroatoms. The summed E-state index contributed by atoms with van der Waals surface area (Å²) in [6.45, 7) is 0. The second-order valence-electron chi connectivity index (χ2n) is 3.69. The van der Waals surface area contributed by atoms with Crippen molar-refractivity contribution in [3.8, 4) is 0 Å². The van der Waals surface area contributed by atoms with Crippen LogP contribution in [0.25, 0.3) is 0 Å². The lowest BCUT2D eigenvalue weighted by atomic mass is 9.50. The second kappa shape index (κ2) is 1.68. The maximum atomic E-state index is 4.07. The van der Waals surface area contributed by atoms with E-state index in [2.05, 4.69) is 26.2 Å². The van der Waals surface area contributed by atoms with Crippen LogP contribution >= 0.6 is 15.9 Å². The van der Waals surface area contributed by atoms with E-state index in [0.717, 1.165) is 10.5 Å². The highest BCUT2D eigenvalue weighted by Crippen LogP contribution is 2.61. The molecule has 58 valence electrons. The van der Waals surface area contributed by atoms with Crippen LogP contribution in [0.2, 0.25) is 0 Å². The van der Waals surface area contributed by atoms with Gasteiger partial charge in [-0.05, 0) is 41.1 Å². The molecular weight excluding hydrogens is 206 g/mol. The molecule has 2 bridgehead atoms. The van der Waals surface area contributed by atoms with E-state index in [9.17, 15) is 0 Å². The quantitative estimate of drug-likeness (QED) is 0.709. The first-order valence-corrected chi connectivity index (χ1v) is 4.66. The normalized spacial score (nSPS) is 39.5. The highest BCUT2D eigenvalue weighted by Gasteiger charge is 2.58. The number of rotatable bonds is 1. The van der Waals surface area contributed by atoms with Crippen LogP contribution in [0.1, 0.15) is 19.3 Å². The molecule has 3 nitrogen and oxygen atoms in total. The van der Waals surface area contributed by atoms with Gasteiger partial charge in [0.25, 0.3) is 0 Å². The fourth-order valence-electron chi connectivity index (χ4n) is 2.19. The van der Waals surface area contributed by atoms with Gasteiger partial charge in [0.1, 0.15) is 4.60 Å². The fraction of sp³-hybridized carbons (Fsp3) is 0.714. The molecule has 0 spiro atoms. The minimum absolute atomic E-state index is 0.393. The maximum absolute atomic E-state index is 4.07. The van der Waals surface area contributed by atoms with Gasteiger partial charge in [0.15, 0.2) is 0 Å². The number of nitrogens with zero attached hydrogens (tertiary/aromatic N) is 3. The Hall–Kier alpha value is -0.380. The molecule has 3 saturated carbocycles. The third-order valence-electron chi connectivity index (χ3n) is 2.96. The lowest BCUT2D eigenvalue weighted by molar-refractivity contribution is -0.0989. The summed E-state index contributed by atoms with van der Waals surface area (Å²) < 4.78 is 2.87. The summed E-state index contributed by atoms with van der Waals surface area (Å²) in [7, 11) is 0. The first-order chi connectivity index (χ1) is 5.28. The van der Waals surface area contributed by atoms with Crippen molar-refractivity contribution in [2.75, 3.05) is 0 Å². The zero-order valence-electron chi connectivity index (χ0n) is 6.00. The first-order valence-electron chi connectivity index (χ1n) is 3.87. The maximum Gasteiger partial charge on any atom is 0.148 e. The highest BCUT2D eigenvalue weighted by atomic mass is 79.9. The number of hydrogen-bond donors (Lipinski definition) is 0. The van der Waals surface area contributed by atoms with Gasteiger partial charge in [-0.3, -0.25) is 0 Å². The average molecular weight is 214 g/mol. The Kier molecular flexibility index (Phi) is 0.943. The van der Waals surface area contributed by atoms with Crippen LogP contribution in [0, 0.1) is 5.92 Å². The zero-order chi connectivity index (χ0) is 7.47. The Morgan fingerprint density at radius 3 is 2.64 bits per heavy atom. The van der Waals surface area contributed by atoms with Crippen molar-refractivity contribution in [2.45, 2.75) is 24.8 Å². The number of halogens is 1. The molecule has 0 amide bonds. The van der Waals surface area contributed by atoms with Gasteiger partial charge in [0.2, 0.25) is 0 Å². The Balaban J connectivity index is 1.99. The van der Waals surface area contributed by atoms with E-state index in [-0.39, 0.29) is 0 Å². The van der Waals surface area contributed by atoms with Crippen molar-refractivity contribution in [1.29, 1.82) is 0 Å². The van der Waals surface area contributed by atoms with E-state index in [0.29, 0.717) is 5.54 Å². The van der Waals surface area contributed by atoms with Crippen LogP contribution in [0.4, 0.5) is 0 Å². The van der Waals surface area contributed by atoms with Crippen LogP contribution in [0.15, 0.2) is 10.8 Å². The smallest absolute Gasteiger partial charge is 0.148 e. The molecule has 0 saturated heterocycles. The Labute approximate surface area is 72.9 Å². The van der Waals surface area contributed by atoms with Gasteiger partial charge in [0.05, 0.1) is 11.7 Å². The molecule has 0 aromatic carbocycles. The second-order valence-corrected chi connectivity index (χ2v) is 4.50. The summed E-state index contributed by atoms with van der Waals surface area (Å²) in [5, 5.41) is 7.99. The Morgan fingerprint density at radius 2 is 2.27 bits per heavy atom. The predicted octanol–water partition coefficient (Wildman–Crippen LogP) is 1.55. The van der Waals surface area contributed by atoms with Crippen molar-refractivity contribution < 1.29 is 0 Å². The summed E-state index contributed by atoms with van der Waals surface area (Å²) in [6, 6.07) is 0. The molecule has 1 aromatic heterocycles. The molecule has 0 radical (unpaired) electrons. The first kappa shape index (κ1) is 6.17. The molecule has 1 aromatic rings. The number of hydrogen-bond acceptors (Lipinski definition) is 2. The van der Waals surface area contributed by atoms with E-state index < -0.39 is 0 Å². The fourth-order valence-corrected chi connectivity index (χ4v) is 2.45. The molecule has 3 aliphatic rings. The standard InChI is InChI=1S/C7H8BrN3/c8-6-4-11(10-9-6)7-1-5(2-7)3-7/h4-5H,1-3H2. The lowest BCUT2D eigenvalue weighted by Crippen LogP contribution is -2.59. The number of aromatic nitrogens is 3. The van der Waals surface area contributed by atoms with Gasteiger partial charge in [-0.1, -0.05) is 5.21 Å². The summed E-state index contributed by atoms with van der Waals surface area (Å²) in [4.78, 5) is 0. The van der Waals surface area contributed by atoms with Crippen LogP contribution < -0.4 is 0 Å². The average Bonchev–Trinajstić information content (AvgIpc) is 2.06. The van der Waals surface area contributed by atoms with Crippen LogP contribution in [0.3, 0.4) is 0 Å². The van der Waals surface area contributed by atoms with E-state index in [1.165, 1.54) is 19.3 Å². The SMILES string of the molecule is Brc1cn(C23CC(C2)C3)nn1. The van der Waals surface area contributed by atoms with Crippen LogP contribution in [-0.2, 0) is 5.54 Å². The minimum atomic E-state index is 0.393. The van der Waals surface area contributed by atoms with Crippen molar-refractivity contribution in [3.63, 3.8) is 0 Å². The van der Waals surface area contributed by atoms with Crippen LogP contribution in [0.5, 0.6) is 0 Å². The summed E-state index contributed by atoms with van der Waals surface area (Å²) in [5.41, 5.74) is 0.393. The van der Waals surface area contributed by atoms with Gasteiger partial charge in [-0.25, -0.2) is 4.68 Å². The molecule has 1 heterocycles. The molecule has 4 rings (SSSR count). The van der Waals surface area contributed by atoms with Gasteiger partial charge < -0.3 is 0 Å². The molecular formula is C7H8BrN3. The molecule has 0 N–H and O–H groups in total. The third-order valence-corrected chi connectivity index (χ3v) is 3.32. The molecule has 0 unspecified atom stereocenters. The van der Waals surface area contributed by atoms with Crippen molar-refractivity contribution in [3.05, 3.63) is 10.8 Å². The summed E-state index contributed by atoms with van der Waals surface area (Å²) in [5.74, 6) is 0.998. The highest BCUT2D eigenvalue weighted by molar-refractivity contribution is 9.10. The van der Waals surface area contributed by atoms with Gasteiger partial charge in [-0.15, -0.1) is 5.10 Å².